The van der Waals surface area contributed by atoms with E-state index in [2.05, 4.69) is 20.4 Å². The molecule has 0 atom stereocenters. The summed E-state index contributed by atoms with van der Waals surface area (Å²) >= 11 is 7.43. The number of hydrogen-bond acceptors (Lipinski definition) is 5. The number of nitrogens with one attached hydrogen (secondary N) is 2. The zero-order valence-corrected chi connectivity index (χ0v) is 16.0. The van der Waals surface area contributed by atoms with Gasteiger partial charge < -0.3 is 5.32 Å². The van der Waals surface area contributed by atoms with E-state index >= 15 is 0 Å². The van der Waals surface area contributed by atoms with Gasteiger partial charge in [-0.25, -0.2) is 9.97 Å². The van der Waals surface area contributed by atoms with Gasteiger partial charge in [0.1, 0.15) is 6.33 Å². The molecule has 4 aromatic rings. The van der Waals surface area contributed by atoms with E-state index < -0.39 is 0 Å². The number of rotatable bonds is 5. The number of benzene rings is 2. The Morgan fingerprint density at radius 3 is 2.89 bits per heavy atom. The number of hydrogen-bond donors (Lipinski definition) is 2. The third-order valence-electron chi connectivity index (χ3n) is 3.92. The van der Waals surface area contributed by atoms with Crippen LogP contribution >= 0.6 is 23.4 Å². The second-order valence-corrected chi connectivity index (χ2v) is 7.31. The van der Waals surface area contributed by atoms with Gasteiger partial charge in [0.15, 0.2) is 0 Å². The molecule has 0 saturated heterocycles. The smallest absolute Gasteiger partial charge is 0.274 e. The molecule has 0 fully saturated rings. The van der Waals surface area contributed by atoms with Crippen LogP contribution in [0, 0.1) is 0 Å². The molecule has 140 valence electrons. The molecule has 0 aliphatic rings. The number of H-pyrrole nitrogens is 1. The minimum atomic E-state index is -0.245. The SMILES string of the molecule is O=C(Nc1ccccc1SCc1cc(=O)n2[nH]cnc2n1)c1cccc(Cl)c1. The Hall–Kier alpha value is -3.10. The van der Waals surface area contributed by atoms with Crippen molar-refractivity contribution < 1.29 is 4.79 Å². The minimum Gasteiger partial charge on any atom is -0.321 e. The van der Waals surface area contributed by atoms with E-state index in [0.29, 0.717) is 33.5 Å². The molecule has 0 spiro atoms. The Labute approximate surface area is 168 Å². The molecule has 4 rings (SSSR count). The summed E-state index contributed by atoms with van der Waals surface area (Å²) in [5.41, 5.74) is 1.54. The van der Waals surface area contributed by atoms with Crippen molar-refractivity contribution in [1.29, 1.82) is 0 Å². The number of amides is 1. The highest BCUT2D eigenvalue weighted by molar-refractivity contribution is 7.98. The highest BCUT2D eigenvalue weighted by Gasteiger charge is 2.11. The number of nitrogens with zero attached hydrogens (tertiary/aromatic N) is 3. The quantitative estimate of drug-likeness (QED) is 0.489. The van der Waals surface area contributed by atoms with Crippen LogP contribution in [0.15, 0.2) is 70.6 Å². The van der Waals surface area contributed by atoms with Crippen molar-refractivity contribution in [3.05, 3.63) is 87.6 Å². The van der Waals surface area contributed by atoms with Crippen LogP contribution in [0.4, 0.5) is 5.69 Å². The van der Waals surface area contributed by atoms with Crippen molar-refractivity contribution in [2.45, 2.75) is 10.6 Å². The Bertz CT molecular complexity index is 1220. The number of aromatic amines is 1. The van der Waals surface area contributed by atoms with Gasteiger partial charge in [-0.15, -0.1) is 11.8 Å². The Morgan fingerprint density at radius 1 is 1.18 bits per heavy atom. The topological polar surface area (TPSA) is 92.2 Å². The van der Waals surface area contributed by atoms with E-state index in [0.717, 1.165) is 4.90 Å². The first-order valence-electron chi connectivity index (χ1n) is 8.31. The molecule has 28 heavy (non-hydrogen) atoms. The van der Waals surface area contributed by atoms with Gasteiger partial charge in [0.05, 0.1) is 11.4 Å². The van der Waals surface area contributed by atoms with Crippen LogP contribution in [-0.2, 0) is 5.75 Å². The van der Waals surface area contributed by atoms with Gasteiger partial charge in [-0.1, -0.05) is 29.8 Å². The number of fused-ring (bicyclic) bond motifs is 1. The van der Waals surface area contributed by atoms with Gasteiger partial charge in [0.2, 0.25) is 0 Å². The van der Waals surface area contributed by atoms with E-state index in [1.54, 1.807) is 24.3 Å². The molecule has 7 nitrogen and oxygen atoms in total. The largest absolute Gasteiger partial charge is 0.321 e. The van der Waals surface area contributed by atoms with Crippen molar-refractivity contribution in [2.24, 2.45) is 0 Å². The van der Waals surface area contributed by atoms with E-state index in [4.69, 9.17) is 11.6 Å². The molecular weight excluding hydrogens is 398 g/mol. The maximum atomic E-state index is 12.5. The first-order valence-corrected chi connectivity index (χ1v) is 9.67. The fraction of sp³-hybridized carbons (Fsp3) is 0.0526. The van der Waals surface area contributed by atoms with Gasteiger partial charge >= 0.3 is 0 Å². The molecule has 0 bridgehead atoms. The van der Waals surface area contributed by atoms with Crippen molar-refractivity contribution in [3.63, 3.8) is 0 Å². The van der Waals surface area contributed by atoms with E-state index in [9.17, 15) is 9.59 Å². The van der Waals surface area contributed by atoms with Crippen molar-refractivity contribution >= 4 is 40.7 Å². The van der Waals surface area contributed by atoms with Crippen molar-refractivity contribution in [3.8, 4) is 0 Å². The number of aromatic nitrogens is 4. The zero-order valence-electron chi connectivity index (χ0n) is 14.4. The second-order valence-electron chi connectivity index (χ2n) is 5.86. The summed E-state index contributed by atoms with van der Waals surface area (Å²) in [6.07, 6.45) is 1.42. The van der Waals surface area contributed by atoms with Crippen LogP contribution in [-0.4, -0.2) is 25.5 Å². The van der Waals surface area contributed by atoms with E-state index in [1.165, 1.54) is 28.7 Å². The number of carbonyl (C=O) groups excluding carboxylic acids is 1. The number of thioether (sulfide) groups is 1. The average molecular weight is 412 g/mol. The summed E-state index contributed by atoms with van der Waals surface area (Å²) in [7, 11) is 0. The van der Waals surface area contributed by atoms with Gasteiger partial charge in [0, 0.05) is 27.3 Å². The molecule has 0 radical (unpaired) electrons. The predicted octanol–water partition coefficient (Wildman–Crippen LogP) is 3.62. The Kier molecular flexibility index (Phi) is 5.14. The minimum absolute atomic E-state index is 0.222. The Balaban J connectivity index is 1.52. The van der Waals surface area contributed by atoms with Gasteiger partial charge in [-0.3, -0.25) is 14.7 Å². The number of para-hydroxylation sites is 1. The molecule has 0 unspecified atom stereocenters. The maximum Gasteiger partial charge on any atom is 0.274 e. The maximum absolute atomic E-state index is 12.5. The molecule has 1 amide bonds. The van der Waals surface area contributed by atoms with E-state index in [1.807, 2.05) is 24.3 Å². The summed E-state index contributed by atoms with van der Waals surface area (Å²) in [5, 5.41) is 6.11. The normalized spacial score (nSPS) is 10.9. The van der Waals surface area contributed by atoms with Crippen LogP contribution in [0.5, 0.6) is 0 Å². The second kappa shape index (κ2) is 7.87. The first kappa shape index (κ1) is 18.3. The fourth-order valence-electron chi connectivity index (χ4n) is 2.61. The van der Waals surface area contributed by atoms with Gasteiger partial charge in [0.25, 0.3) is 17.2 Å². The number of carbonyl (C=O) groups is 1. The summed E-state index contributed by atoms with van der Waals surface area (Å²) in [6, 6.07) is 15.7. The van der Waals surface area contributed by atoms with Crippen molar-refractivity contribution in [1.82, 2.24) is 19.6 Å². The van der Waals surface area contributed by atoms with Crippen molar-refractivity contribution in [2.75, 3.05) is 5.32 Å². The lowest BCUT2D eigenvalue weighted by Gasteiger charge is -2.11. The number of anilines is 1. The Morgan fingerprint density at radius 2 is 2.04 bits per heavy atom. The third kappa shape index (κ3) is 3.92. The highest BCUT2D eigenvalue weighted by Crippen LogP contribution is 2.29. The fourth-order valence-corrected chi connectivity index (χ4v) is 3.71. The average Bonchev–Trinajstić information content (AvgIpc) is 3.16. The predicted molar refractivity (Wildman–Crippen MR) is 109 cm³/mol. The third-order valence-corrected chi connectivity index (χ3v) is 5.26. The lowest BCUT2D eigenvalue weighted by atomic mass is 10.2. The molecule has 2 aromatic heterocycles. The van der Waals surface area contributed by atoms with E-state index in [-0.39, 0.29) is 11.5 Å². The summed E-state index contributed by atoms with van der Waals surface area (Å²) < 4.78 is 1.27. The molecule has 0 aliphatic carbocycles. The number of halogens is 1. The van der Waals surface area contributed by atoms with Crippen LogP contribution in [0.25, 0.3) is 5.78 Å². The zero-order chi connectivity index (χ0) is 19.5. The lowest BCUT2D eigenvalue weighted by molar-refractivity contribution is 0.102. The lowest BCUT2D eigenvalue weighted by Crippen LogP contribution is -2.15. The highest BCUT2D eigenvalue weighted by atomic mass is 35.5. The standard InChI is InChI=1S/C19H14ClN5O2S/c20-13-5-3-4-12(8-13)18(27)24-15-6-1-2-7-16(15)28-10-14-9-17(26)25-19(23-14)21-11-22-25/h1-9,11H,10H2,(H,24,27)(H,21,22,23). The molecule has 2 aromatic carbocycles. The molecule has 2 N–H and O–H groups in total. The molecule has 0 aliphatic heterocycles. The van der Waals surface area contributed by atoms with Gasteiger partial charge in [-0.2, -0.15) is 4.52 Å². The first-order chi connectivity index (χ1) is 13.6. The molecule has 0 saturated carbocycles. The van der Waals surface area contributed by atoms with Gasteiger partial charge in [-0.05, 0) is 30.3 Å². The molecule has 9 heteroatoms. The van der Waals surface area contributed by atoms with Crippen LogP contribution in [0.1, 0.15) is 16.1 Å². The van der Waals surface area contributed by atoms with Crippen LogP contribution in [0.3, 0.4) is 0 Å². The summed E-state index contributed by atoms with van der Waals surface area (Å²) in [4.78, 5) is 33.8. The summed E-state index contributed by atoms with van der Waals surface area (Å²) in [6.45, 7) is 0. The summed E-state index contributed by atoms with van der Waals surface area (Å²) in [5.74, 6) is 0.540. The molecular formula is C19H14ClN5O2S. The monoisotopic (exact) mass is 411 g/mol. The van der Waals surface area contributed by atoms with Crippen LogP contribution in [0.2, 0.25) is 5.02 Å². The van der Waals surface area contributed by atoms with Crippen LogP contribution < -0.4 is 10.9 Å². The molecule has 2 heterocycles.